The van der Waals surface area contributed by atoms with Gasteiger partial charge in [-0.2, -0.15) is 18.2 Å². The highest BCUT2D eigenvalue weighted by molar-refractivity contribution is 5.55. The summed E-state index contributed by atoms with van der Waals surface area (Å²) in [5.74, 6) is 0.306. The Morgan fingerprint density at radius 2 is 2.11 bits per heavy atom. The van der Waals surface area contributed by atoms with E-state index in [2.05, 4.69) is 10.3 Å². The number of nitrogens with zero attached hydrogens (tertiary/aromatic N) is 1. The molecule has 4 nitrogen and oxygen atoms in total. The van der Waals surface area contributed by atoms with Crippen LogP contribution in [-0.4, -0.2) is 23.3 Å². The number of nitrogens with one attached hydrogen (secondary N) is 1. The number of ether oxygens (including phenoxy) is 1. The summed E-state index contributed by atoms with van der Waals surface area (Å²) in [6, 6.07) is 2.92. The number of nitrogens with two attached hydrogens (primary N) is 1. The van der Waals surface area contributed by atoms with Crippen molar-refractivity contribution in [1.82, 2.24) is 4.98 Å². The van der Waals surface area contributed by atoms with Crippen molar-refractivity contribution in [3.63, 3.8) is 0 Å². The molecule has 0 atom stereocenters. The van der Waals surface area contributed by atoms with Gasteiger partial charge < -0.3 is 15.8 Å². The highest BCUT2D eigenvalue weighted by Crippen LogP contribution is 2.51. The van der Waals surface area contributed by atoms with Crippen LogP contribution in [0.4, 0.5) is 24.7 Å². The van der Waals surface area contributed by atoms with Crippen LogP contribution >= 0.6 is 0 Å². The van der Waals surface area contributed by atoms with Gasteiger partial charge >= 0.3 is 6.18 Å². The van der Waals surface area contributed by atoms with Crippen molar-refractivity contribution in [2.45, 2.75) is 37.9 Å². The molecule has 0 amide bonds. The predicted octanol–water partition coefficient (Wildman–Crippen LogP) is 2.96. The van der Waals surface area contributed by atoms with E-state index in [-0.39, 0.29) is 24.5 Å². The summed E-state index contributed by atoms with van der Waals surface area (Å²) in [7, 11) is 0. The molecule has 19 heavy (non-hydrogen) atoms. The lowest BCUT2D eigenvalue weighted by molar-refractivity contribution is -0.151. The largest absolute Gasteiger partial charge is 0.476 e. The fourth-order valence-corrected chi connectivity index (χ4v) is 1.68. The molecule has 0 saturated heterocycles. The van der Waals surface area contributed by atoms with Gasteiger partial charge in [-0.3, -0.25) is 0 Å². The molecule has 106 valence electrons. The number of nitrogen functional groups attached to an aromatic ring is 1. The number of hydrogen-bond acceptors (Lipinski definition) is 4. The molecule has 2 rings (SSSR count). The van der Waals surface area contributed by atoms with Crippen LogP contribution in [-0.2, 0) is 0 Å². The monoisotopic (exact) mass is 275 g/mol. The summed E-state index contributed by atoms with van der Waals surface area (Å²) in [4.78, 5) is 3.99. The zero-order valence-corrected chi connectivity index (χ0v) is 10.5. The maximum absolute atomic E-state index is 12.8. The van der Waals surface area contributed by atoms with Gasteiger partial charge in [0, 0.05) is 0 Å². The maximum Gasteiger partial charge on any atom is 0.411 e. The van der Waals surface area contributed by atoms with Gasteiger partial charge in [0.05, 0.1) is 12.3 Å². The summed E-state index contributed by atoms with van der Waals surface area (Å²) >= 11 is 0. The lowest BCUT2D eigenvalue weighted by atomic mass is 10.2. The normalized spacial score (nSPS) is 17.1. The van der Waals surface area contributed by atoms with Crippen molar-refractivity contribution in [2.75, 3.05) is 17.7 Å². The molecule has 3 N–H and O–H groups in total. The molecule has 0 bridgehead atoms. The third kappa shape index (κ3) is 2.85. The number of anilines is 2. The zero-order valence-electron chi connectivity index (χ0n) is 10.5. The number of aromatic nitrogens is 1. The van der Waals surface area contributed by atoms with Crippen LogP contribution in [0.25, 0.3) is 0 Å². The third-order valence-electron chi connectivity index (χ3n) is 2.99. The van der Waals surface area contributed by atoms with E-state index in [1.165, 1.54) is 12.1 Å². The van der Waals surface area contributed by atoms with Crippen LogP contribution in [0.3, 0.4) is 0 Å². The van der Waals surface area contributed by atoms with E-state index in [0.717, 1.165) is 6.42 Å². The predicted molar refractivity (Wildman–Crippen MR) is 66.1 cm³/mol. The van der Waals surface area contributed by atoms with Crippen LogP contribution in [0.1, 0.15) is 26.2 Å². The molecular formula is C12H16F3N3O. The van der Waals surface area contributed by atoms with Crippen LogP contribution in [0.2, 0.25) is 0 Å². The fraction of sp³-hybridized carbons (Fsp3) is 0.583. The third-order valence-corrected chi connectivity index (χ3v) is 2.99. The van der Waals surface area contributed by atoms with Crippen molar-refractivity contribution < 1.29 is 17.9 Å². The number of pyridine rings is 1. The molecule has 0 unspecified atom stereocenters. The zero-order chi connectivity index (χ0) is 14.1. The minimum absolute atomic E-state index is 0.0632. The molecule has 0 aliphatic heterocycles. The number of alkyl halides is 3. The second-order valence-electron chi connectivity index (χ2n) is 4.64. The minimum atomic E-state index is -4.28. The molecule has 1 aromatic rings. The van der Waals surface area contributed by atoms with E-state index in [9.17, 15) is 13.2 Å². The Bertz CT molecular complexity index is 458. The van der Waals surface area contributed by atoms with Crippen LogP contribution < -0.4 is 15.8 Å². The molecule has 1 aliphatic rings. The first-order chi connectivity index (χ1) is 8.88. The summed E-state index contributed by atoms with van der Waals surface area (Å²) in [5.41, 5.74) is 4.14. The summed E-state index contributed by atoms with van der Waals surface area (Å²) < 4.78 is 43.7. The molecule has 1 heterocycles. The van der Waals surface area contributed by atoms with Gasteiger partial charge in [0.2, 0.25) is 5.88 Å². The van der Waals surface area contributed by atoms with Gasteiger partial charge in [-0.25, -0.2) is 0 Å². The van der Waals surface area contributed by atoms with Crippen molar-refractivity contribution in [3.05, 3.63) is 12.1 Å². The summed E-state index contributed by atoms with van der Waals surface area (Å²) in [6.45, 7) is 2.34. The van der Waals surface area contributed by atoms with Crippen LogP contribution in [0.15, 0.2) is 12.1 Å². The quantitative estimate of drug-likeness (QED) is 0.867. The van der Waals surface area contributed by atoms with Gasteiger partial charge in [-0.15, -0.1) is 0 Å². The van der Waals surface area contributed by atoms with Gasteiger partial charge in [0.15, 0.2) is 0 Å². The van der Waals surface area contributed by atoms with E-state index in [1.54, 1.807) is 0 Å². The average molecular weight is 275 g/mol. The number of halogens is 3. The maximum atomic E-state index is 12.8. The first-order valence-electron chi connectivity index (χ1n) is 6.12. The van der Waals surface area contributed by atoms with Crippen molar-refractivity contribution in [2.24, 2.45) is 0 Å². The minimum Gasteiger partial charge on any atom is -0.476 e. The van der Waals surface area contributed by atoms with E-state index in [4.69, 9.17) is 10.5 Å². The van der Waals surface area contributed by atoms with Crippen molar-refractivity contribution in [3.8, 4) is 5.88 Å². The molecular weight excluding hydrogens is 259 g/mol. The molecule has 0 radical (unpaired) electrons. The Balaban J connectivity index is 2.13. The summed E-state index contributed by atoms with van der Waals surface area (Å²) in [5, 5.41) is 2.44. The Labute approximate surface area is 109 Å². The second-order valence-corrected chi connectivity index (χ2v) is 4.64. The Kier molecular flexibility index (Phi) is 3.47. The average Bonchev–Trinajstić information content (AvgIpc) is 3.10. The van der Waals surface area contributed by atoms with Gasteiger partial charge in [-0.05, 0) is 31.4 Å². The Morgan fingerprint density at radius 1 is 1.42 bits per heavy atom. The lowest BCUT2D eigenvalue weighted by Gasteiger charge is -2.21. The van der Waals surface area contributed by atoms with E-state index in [1.807, 2.05) is 6.92 Å². The molecule has 0 spiro atoms. The van der Waals surface area contributed by atoms with E-state index >= 15 is 0 Å². The number of hydrogen-bond donors (Lipinski definition) is 2. The van der Waals surface area contributed by atoms with Crippen molar-refractivity contribution >= 4 is 11.5 Å². The van der Waals surface area contributed by atoms with Crippen LogP contribution in [0.5, 0.6) is 5.88 Å². The van der Waals surface area contributed by atoms with Gasteiger partial charge in [0.25, 0.3) is 0 Å². The first-order valence-corrected chi connectivity index (χ1v) is 6.12. The van der Waals surface area contributed by atoms with Crippen molar-refractivity contribution in [1.29, 1.82) is 0 Å². The smallest absolute Gasteiger partial charge is 0.411 e. The van der Waals surface area contributed by atoms with E-state index in [0.29, 0.717) is 12.3 Å². The SMILES string of the molecule is CCCOc1nc(NC2(C(F)(F)F)CC2)ccc1N. The van der Waals surface area contributed by atoms with E-state index < -0.39 is 11.7 Å². The lowest BCUT2D eigenvalue weighted by Crippen LogP contribution is -2.38. The summed E-state index contributed by atoms with van der Waals surface area (Å²) in [6.07, 6.45) is -3.38. The molecule has 1 aromatic heterocycles. The molecule has 1 aliphatic carbocycles. The first kappa shape index (κ1) is 13.8. The Hall–Kier alpha value is -1.66. The topological polar surface area (TPSA) is 60.2 Å². The molecule has 0 aromatic carbocycles. The molecule has 1 fully saturated rings. The molecule has 7 heteroatoms. The standard InChI is InChI=1S/C12H16F3N3O/c1-2-7-19-10-8(16)3-4-9(17-10)18-11(5-6-11)12(13,14)15/h3-4H,2,5-7,16H2,1H3,(H,17,18). The Morgan fingerprint density at radius 3 is 2.63 bits per heavy atom. The van der Waals surface area contributed by atoms with Gasteiger partial charge in [0.1, 0.15) is 11.4 Å². The fourth-order valence-electron chi connectivity index (χ4n) is 1.68. The highest BCUT2D eigenvalue weighted by atomic mass is 19.4. The van der Waals surface area contributed by atoms with Crippen LogP contribution in [0, 0.1) is 0 Å². The highest BCUT2D eigenvalue weighted by Gasteiger charge is 2.63. The molecule has 1 saturated carbocycles. The number of rotatable bonds is 5. The van der Waals surface area contributed by atoms with Gasteiger partial charge in [-0.1, -0.05) is 6.92 Å². The second kappa shape index (κ2) is 4.79.